The van der Waals surface area contributed by atoms with Gasteiger partial charge in [0, 0.05) is 5.69 Å². The number of benzene rings is 2. The minimum absolute atomic E-state index is 0.287. The number of hydrogen-bond acceptors (Lipinski definition) is 6. The number of rotatable bonds is 5. The number of nitrogens with one attached hydrogen (secondary N) is 2. The largest absolute Gasteiger partial charge is 0.438 e. The average molecular weight is 372 g/mol. The summed E-state index contributed by atoms with van der Waals surface area (Å²) in [6, 6.07) is 16.6. The maximum atomic E-state index is 11.9. The van der Waals surface area contributed by atoms with Crippen LogP contribution in [0.2, 0.25) is 0 Å². The normalized spacial score (nSPS) is 11.0. The molecule has 28 heavy (non-hydrogen) atoms. The molecule has 0 bridgehead atoms. The molecule has 4 aromatic rings. The number of carbonyl (C=O) groups is 1. The molecule has 0 unspecified atom stereocenters. The van der Waals surface area contributed by atoms with Crippen LogP contribution in [-0.4, -0.2) is 32.3 Å². The van der Waals surface area contributed by atoms with Crippen LogP contribution < -0.4 is 10.2 Å². The number of amides is 1. The Morgan fingerprint density at radius 2 is 1.96 bits per heavy atom. The van der Waals surface area contributed by atoms with Crippen LogP contribution in [0.1, 0.15) is 21.7 Å². The van der Waals surface area contributed by atoms with Crippen molar-refractivity contribution in [1.82, 2.24) is 25.6 Å². The smallest absolute Gasteiger partial charge is 0.291 e. The average Bonchev–Trinajstić information content (AvgIpc) is 3.16. The summed E-state index contributed by atoms with van der Waals surface area (Å²) in [6.07, 6.45) is 3.02. The summed E-state index contributed by atoms with van der Waals surface area (Å²) in [4.78, 5) is 20.3. The van der Waals surface area contributed by atoms with E-state index in [0.29, 0.717) is 11.6 Å². The summed E-state index contributed by atoms with van der Waals surface area (Å²) in [5, 5.41) is 11.4. The second-order valence-corrected chi connectivity index (χ2v) is 6.00. The standard InChI is InChI=1S/C20H16N6O2/c1-13-10-18(25-24-13)19(27)26-23-11-14-6-8-15(9-7-14)28-20-16-4-2-3-5-17(16)21-12-22-20/h2-12H,1H3,(H,24,25)(H,26,27)/b23-11-. The Bertz CT molecular complexity index is 1150. The number of H-pyrrole nitrogens is 1. The highest BCUT2D eigenvalue weighted by molar-refractivity contribution is 5.93. The van der Waals surface area contributed by atoms with Gasteiger partial charge >= 0.3 is 0 Å². The zero-order chi connectivity index (χ0) is 19.3. The van der Waals surface area contributed by atoms with E-state index in [9.17, 15) is 4.79 Å². The van der Waals surface area contributed by atoms with Crippen molar-refractivity contribution in [3.8, 4) is 11.6 Å². The van der Waals surface area contributed by atoms with Crippen LogP contribution in [0.5, 0.6) is 11.6 Å². The van der Waals surface area contributed by atoms with Crippen molar-refractivity contribution in [2.45, 2.75) is 6.92 Å². The second-order valence-electron chi connectivity index (χ2n) is 6.00. The van der Waals surface area contributed by atoms with E-state index in [0.717, 1.165) is 22.2 Å². The zero-order valence-corrected chi connectivity index (χ0v) is 15.0. The van der Waals surface area contributed by atoms with Gasteiger partial charge in [0.25, 0.3) is 5.91 Å². The molecule has 0 aliphatic carbocycles. The maximum Gasteiger partial charge on any atom is 0.291 e. The van der Waals surface area contributed by atoms with Crippen molar-refractivity contribution < 1.29 is 9.53 Å². The Kier molecular flexibility index (Phi) is 4.75. The number of aromatic amines is 1. The molecule has 0 aliphatic rings. The number of hydrazone groups is 1. The first-order chi connectivity index (χ1) is 13.7. The SMILES string of the molecule is Cc1cc(C(=O)N/N=C\c2ccc(Oc3ncnc4ccccc34)cc2)n[nH]1. The Hall–Kier alpha value is -4.07. The van der Waals surface area contributed by atoms with Crippen LogP contribution in [0.15, 0.2) is 66.0 Å². The summed E-state index contributed by atoms with van der Waals surface area (Å²) in [7, 11) is 0. The van der Waals surface area contributed by atoms with Crippen LogP contribution in [0.25, 0.3) is 10.9 Å². The van der Waals surface area contributed by atoms with E-state index in [1.165, 1.54) is 6.33 Å². The van der Waals surface area contributed by atoms with Gasteiger partial charge in [-0.15, -0.1) is 0 Å². The summed E-state index contributed by atoms with van der Waals surface area (Å²) >= 11 is 0. The molecule has 0 spiro atoms. The van der Waals surface area contributed by atoms with E-state index in [-0.39, 0.29) is 11.6 Å². The lowest BCUT2D eigenvalue weighted by Gasteiger charge is -2.07. The third-order valence-corrected chi connectivity index (χ3v) is 3.92. The summed E-state index contributed by atoms with van der Waals surface area (Å²) in [6.45, 7) is 1.82. The highest BCUT2D eigenvalue weighted by Gasteiger charge is 2.07. The van der Waals surface area contributed by atoms with Gasteiger partial charge < -0.3 is 4.74 Å². The van der Waals surface area contributed by atoms with E-state index >= 15 is 0 Å². The summed E-state index contributed by atoms with van der Waals surface area (Å²) < 4.78 is 5.87. The summed E-state index contributed by atoms with van der Waals surface area (Å²) in [5.74, 6) is 0.752. The van der Waals surface area contributed by atoms with Gasteiger partial charge in [0.1, 0.15) is 12.1 Å². The number of nitrogens with zero attached hydrogens (tertiary/aromatic N) is 4. The lowest BCUT2D eigenvalue weighted by Crippen LogP contribution is -2.17. The molecule has 0 radical (unpaired) electrons. The van der Waals surface area contributed by atoms with Gasteiger partial charge in [-0.2, -0.15) is 10.2 Å². The molecule has 0 saturated heterocycles. The van der Waals surface area contributed by atoms with Crippen molar-refractivity contribution in [3.05, 3.63) is 77.9 Å². The van der Waals surface area contributed by atoms with Crippen LogP contribution in [0.3, 0.4) is 0 Å². The molecule has 8 nitrogen and oxygen atoms in total. The van der Waals surface area contributed by atoms with Gasteiger partial charge in [-0.25, -0.2) is 15.4 Å². The van der Waals surface area contributed by atoms with Gasteiger partial charge in [-0.1, -0.05) is 12.1 Å². The quantitative estimate of drug-likeness (QED) is 0.413. The molecule has 2 heterocycles. The lowest BCUT2D eigenvalue weighted by atomic mass is 10.2. The number of fused-ring (bicyclic) bond motifs is 1. The molecule has 2 N–H and O–H groups in total. The molecular formula is C20H16N6O2. The van der Waals surface area contributed by atoms with E-state index in [4.69, 9.17) is 4.74 Å². The molecule has 2 aromatic carbocycles. The van der Waals surface area contributed by atoms with E-state index in [2.05, 4.69) is 30.7 Å². The second kappa shape index (κ2) is 7.67. The highest BCUT2D eigenvalue weighted by Crippen LogP contribution is 2.26. The van der Waals surface area contributed by atoms with Gasteiger partial charge in [-0.05, 0) is 55.0 Å². The molecule has 0 atom stereocenters. The third-order valence-electron chi connectivity index (χ3n) is 3.92. The monoisotopic (exact) mass is 372 g/mol. The van der Waals surface area contributed by atoms with Gasteiger partial charge in [0.05, 0.1) is 17.1 Å². The van der Waals surface area contributed by atoms with Crippen LogP contribution in [0.4, 0.5) is 0 Å². The fourth-order valence-corrected chi connectivity index (χ4v) is 2.55. The van der Waals surface area contributed by atoms with E-state index < -0.39 is 0 Å². The Labute approximate surface area is 160 Å². The first-order valence-corrected chi connectivity index (χ1v) is 8.52. The Morgan fingerprint density at radius 3 is 2.75 bits per heavy atom. The van der Waals surface area contributed by atoms with Gasteiger partial charge in [-0.3, -0.25) is 9.89 Å². The van der Waals surface area contributed by atoms with Crippen LogP contribution in [-0.2, 0) is 0 Å². The number of para-hydroxylation sites is 1. The topological polar surface area (TPSA) is 105 Å². The minimum atomic E-state index is -0.379. The predicted molar refractivity (Wildman–Crippen MR) is 104 cm³/mol. The van der Waals surface area contributed by atoms with Crippen LogP contribution in [0, 0.1) is 6.92 Å². The van der Waals surface area contributed by atoms with Crippen LogP contribution >= 0.6 is 0 Å². The van der Waals surface area contributed by atoms with Crippen molar-refractivity contribution >= 4 is 23.0 Å². The fraction of sp³-hybridized carbons (Fsp3) is 0.0500. The van der Waals surface area contributed by atoms with Gasteiger partial charge in [0.2, 0.25) is 5.88 Å². The highest BCUT2D eigenvalue weighted by atomic mass is 16.5. The molecule has 1 amide bonds. The Balaban J connectivity index is 1.41. The van der Waals surface area contributed by atoms with E-state index in [1.54, 1.807) is 24.4 Å². The Morgan fingerprint density at radius 1 is 1.14 bits per heavy atom. The molecule has 0 fully saturated rings. The molecule has 8 heteroatoms. The summed E-state index contributed by atoms with van der Waals surface area (Å²) in [5.41, 5.74) is 5.15. The molecule has 0 saturated carbocycles. The maximum absolute atomic E-state index is 11.9. The number of hydrogen-bond donors (Lipinski definition) is 2. The number of aryl methyl sites for hydroxylation is 1. The number of aromatic nitrogens is 4. The third kappa shape index (κ3) is 3.85. The number of ether oxygens (including phenoxy) is 1. The van der Waals surface area contributed by atoms with E-state index in [1.807, 2.05) is 43.3 Å². The van der Waals surface area contributed by atoms with Crippen molar-refractivity contribution in [3.63, 3.8) is 0 Å². The fourth-order valence-electron chi connectivity index (χ4n) is 2.55. The minimum Gasteiger partial charge on any atom is -0.438 e. The molecule has 0 aliphatic heterocycles. The first kappa shape index (κ1) is 17.3. The zero-order valence-electron chi connectivity index (χ0n) is 15.0. The number of carbonyl (C=O) groups excluding carboxylic acids is 1. The molecule has 138 valence electrons. The molecule has 4 rings (SSSR count). The van der Waals surface area contributed by atoms with Gasteiger partial charge in [0.15, 0.2) is 5.69 Å². The molecule has 2 aromatic heterocycles. The predicted octanol–water partition coefficient (Wildman–Crippen LogP) is 3.22. The first-order valence-electron chi connectivity index (χ1n) is 8.52. The van der Waals surface area contributed by atoms with Crippen molar-refractivity contribution in [2.24, 2.45) is 5.10 Å². The molecular weight excluding hydrogens is 356 g/mol. The van der Waals surface area contributed by atoms with Crippen molar-refractivity contribution in [2.75, 3.05) is 0 Å². The van der Waals surface area contributed by atoms with Crippen molar-refractivity contribution in [1.29, 1.82) is 0 Å². The lowest BCUT2D eigenvalue weighted by molar-refractivity contribution is 0.0950.